The lowest BCUT2D eigenvalue weighted by Gasteiger charge is -2.07. The van der Waals surface area contributed by atoms with Gasteiger partial charge in [-0.2, -0.15) is 0 Å². The molecule has 0 bridgehead atoms. The van der Waals surface area contributed by atoms with Crippen molar-refractivity contribution >= 4 is 36.4 Å². The lowest BCUT2D eigenvalue weighted by molar-refractivity contribution is -0.116. The Labute approximate surface area is 127 Å². The summed E-state index contributed by atoms with van der Waals surface area (Å²) in [6, 6.07) is 1.82. The van der Waals surface area contributed by atoms with E-state index in [-0.39, 0.29) is 30.7 Å². The highest BCUT2D eigenvalue weighted by Crippen LogP contribution is 2.12. The Morgan fingerprint density at radius 2 is 1.95 bits per heavy atom. The Hall–Kier alpha value is -0.840. The minimum absolute atomic E-state index is 0. The molecule has 1 heterocycles. The van der Waals surface area contributed by atoms with Crippen molar-refractivity contribution in [2.45, 2.75) is 39.0 Å². The summed E-state index contributed by atoms with van der Waals surface area (Å²) in [6.07, 6.45) is 8.16. The molecule has 6 heteroatoms. The molecular formula is C13H23Cl2N3O. The van der Waals surface area contributed by atoms with E-state index in [4.69, 9.17) is 5.73 Å². The lowest BCUT2D eigenvalue weighted by Crippen LogP contribution is -2.12. The van der Waals surface area contributed by atoms with Crippen LogP contribution in [-0.4, -0.2) is 17.4 Å². The number of nitrogens with two attached hydrogens (primary N) is 1. The topological polar surface area (TPSA) is 68.0 Å². The Morgan fingerprint density at radius 1 is 1.26 bits per heavy atom. The zero-order chi connectivity index (χ0) is 12.5. The lowest BCUT2D eigenvalue weighted by atomic mass is 10.1. The van der Waals surface area contributed by atoms with Crippen LogP contribution in [0.1, 0.15) is 37.7 Å². The molecule has 1 aromatic rings. The molecule has 0 aliphatic heterocycles. The number of hydrogen-bond donors (Lipinski definition) is 2. The van der Waals surface area contributed by atoms with E-state index in [9.17, 15) is 4.79 Å². The van der Waals surface area contributed by atoms with Crippen molar-refractivity contribution in [1.82, 2.24) is 4.98 Å². The summed E-state index contributed by atoms with van der Waals surface area (Å²) in [5.74, 6) is 0.0760. The van der Waals surface area contributed by atoms with Crippen LogP contribution in [0, 0.1) is 6.92 Å². The van der Waals surface area contributed by atoms with Crippen molar-refractivity contribution in [2.24, 2.45) is 5.73 Å². The van der Waals surface area contributed by atoms with E-state index in [0.717, 1.165) is 43.5 Å². The van der Waals surface area contributed by atoms with Crippen LogP contribution in [0.3, 0.4) is 0 Å². The molecule has 0 spiro atoms. The molecule has 1 amide bonds. The Bertz CT molecular complexity index is 361. The van der Waals surface area contributed by atoms with Gasteiger partial charge in [0.15, 0.2) is 0 Å². The number of nitrogens with zero attached hydrogens (tertiary/aromatic N) is 1. The third-order valence-corrected chi connectivity index (χ3v) is 2.65. The molecule has 110 valence electrons. The third kappa shape index (κ3) is 8.81. The van der Waals surface area contributed by atoms with Gasteiger partial charge in [0.1, 0.15) is 0 Å². The number of unbranched alkanes of at least 4 members (excludes halogenated alkanes) is 3. The molecule has 0 radical (unpaired) electrons. The smallest absolute Gasteiger partial charge is 0.224 e. The molecule has 0 unspecified atom stereocenters. The van der Waals surface area contributed by atoms with Crippen LogP contribution in [0.25, 0.3) is 0 Å². The first-order chi connectivity index (χ1) is 8.24. The quantitative estimate of drug-likeness (QED) is 0.761. The molecule has 1 aromatic heterocycles. The fourth-order valence-electron chi connectivity index (χ4n) is 1.61. The largest absolute Gasteiger partial charge is 0.330 e. The molecule has 19 heavy (non-hydrogen) atoms. The monoisotopic (exact) mass is 307 g/mol. The molecule has 0 aliphatic carbocycles. The van der Waals surface area contributed by atoms with Gasteiger partial charge in [0, 0.05) is 24.5 Å². The molecule has 1 rings (SSSR count). The number of nitrogens with one attached hydrogen (secondary N) is 1. The van der Waals surface area contributed by atoms with Gasteiger partial charge in [-0.1, -0.05) is 12.8 Å². The first-order valence-electron chi connectivity index (χ1n) is 6.14. The van der Waals surface area contributed by atoms with Crippen LogP contribution >= 0.6 is 24.8 Å². The summed E-state index contributed by atoms with van der Waals surface area (Å²) >= 11 is 0. The molecule has 4 nitrogen and oxygen atoms in total. The first-order valence-corrected chi connectivity index (χ1v) is 6.14. The summed E-state index contributed by atoms with van der Waals surface area (Å²) in [5, 5.41) is 2.90. The van der Waals surface area contributed by atoms with Gasteiger partial charge in [0.2, 0.25) is 5.91 Å². The number of carbonyl (C=O) groups is 1. The van der Waals surface area contributed by atoms with Crippen molar-refractivity contribution in [3.8, 4) is 0 Å². The highest BCUT2D eigenvalue weighted by atomic mass is 35.5. The van der Waals surface area contributed by atoms with Crippen LogP contribution in [0.15, 0.2) is 18.5 Å². The zero-order valence-corrected chi connectivity index (χ0v) is 12.9. The molecule has 0 fully saturated rings. The number of aromatic nitrogens is 1. The number of carbonyl (C=O) groups excluding carboxylic acids is 1. The number of hydrogen-bond acceptors (Lipinski definition) is 3. The predicted molar refractivity (Wildman–Crippen MR) is 84.2 cm³/mol. The van der Waals surface area contributed by atoms with E-state index in [2.05, 4.69) is 10.3 Å². The van der Waals surface area contributed by atoms with Gasteiger partial charge in [-0.25, -0.2) is 0 Å². The number of rotatable bonds is 7. The molecule has 3 N–H and O–H groups in total. The fourth-order valence-corrected chi connectivity index (χ4v) is 1.61. The summed E-state index contributed by atoms with van der Waals surface area (Å²) in [5.41, 5.74) is 7.25. The maximum atomic E-state index is 11.6. The normalized spacial score (nSPS) is 9.16. The average Bonchev–Trinajstić information content (AvgIpc) is 2.32. The minimum Gasteiger partial charge on any atom is -0.330 e. The van der Waals surface area contributed by atoms with Crippen LogP contribution in [0.5, 0.6) is 0 Å². The van der Waals surface area contributed by atoms with Gasteiger partial charge in [-0.15, -0.1) is 24.8 Å². The second-order valence-electron chi connectivity index (χ2n) is 4.19. The number of amides is 1. The highest BCUT2D eigenvalue weighted by Gasteiger charge is 2.03. The standard InChI is InChI=1S/C13H21N3O.2ClH/c1-11-10-15-9-7-12(11)16-13(17)6-4-2-3-5-8-14;;/h7,9-10H,2-6,8,14H2,1H3,(H,15,16,17);2*1H. The van der Waals surface area contributed by atoms with Gasteiger partial charge in [-0.05, 0) is 37.9 Å². The van der Waals surface area contributed by atoms with Gasteiger partial charge >= 0.3 is 0 Å². The van der Waals surface area contributed by atoms with E-state index in [1.807, 2.05) is 13.0 Å². The average molecular weight is 308 g/mol. The highest BCUT2D eigenvalue weighted by molar-refractivity contribution is 5.91. The van der Waals surface area contributed by atoms with Gasteiger partial charge < -0.3 is 11.1 Å². The number of halogens is 2. The van der Waals surface area contributed by atoms with Gasteiger partial charge in [0.25, 0.3) is 0 Å². The van der Waals surface area contributed by atoms with Crippen molar-refractivity contribution in [2.75, 3.05) is 11.9 Å². The van der Waals surface area contributed by atoms with Crippen LogP contribution < -0.4 is 11.1 Å². The van der Waals surface area contributed by atoms with Crippen LogP contribution in [0.4, 0.5) is 5.69 Å². The van der Waals surface area contributed by atoms with Crippen molar-refractivity contribution in [3.05, 3.63) is 24.0 Å². The first kappa shape index (κ1) is 20.5. The van der Waals surface area contributed by atoms with E-state index < -0.39 is 0 Å². The Balaban J connectivity index is 0. The summed E-state index contributed by atoms with van der Waals surface area (Å²) in [7, 11) is 0. The van der Waals surface area contributed by atoms with E-state index >= 15 is 0 Å². The van der Waals surface area contributed by atoms with Crippen molar-refractivity contribution in [1.29, 1.82) is 0 Å². The predicted octanol–water partition coefficient (Wildman–Crippen LogP) is 3.08. The number of anilines is 1. The van der Waals surface area contributed by atoms with Gasteiger partial charge in [0.05, 0.1) is 0 Å². The van der Waals surface area contributed by atoms with Gasteiger partial charge in [-0.3, -0.25) is 9.78 Å². The summed E-state index contributed by atoms with van der Waals surface area (Å²) < 4.78 is 0. The molecule has 0 aromatic carbocycles. The Kier molecular flexibility index (Phi) is 13.2. The maximum absolute atomic E-state index is 11.6. The third-order valence-electron chi connectivity index (χ3n) is 2.65. The van der Waals surface area contributed by atoms with Crippen molar-refractivity contribution < 1.29 is 4.79 Å². The molecule has 0 aliphatic rings. The number of aryl methyl sites for hydroxylation is 1. The van der Waals surface area contributed by atoms with Crippen molar-refractivity contribution in [3.63, 3.8) is 0 Å². The molecule has 0 atom stereocenters. The van der Waals surface area contributed by atoms with E-state index in [1.54, 1.807) is 12.4 Å². The molecule has 0 saturated carbocycles. The minimum atomic E-state index is 0. The Morgan fingerprint density at radius 3 is 2.58 bits per heavy atom. The summed E-state index contributed by atoms with van der Waals surface area (Å²) in [4.78, 5) is 15.6. The summed E-state index contributed by atoms with van der Waals surface area (Å²) in [6.45, 7) is 2.67. The second kappa shape index (κ2) is 12.2. The molecule has 0 saturated heterocycles. The fraction of sp³-hybridized carbons (Fsp3) is 0.538. The van der Waals surface area contributed by atoms with Crippen LogP contribution in [0.2, 0.25) is 0 Å². The second-order valence-corrected chi connectivity index (χ2v) is 4.19. The number of pyridine rings is 1. The maximum Gasteiger partial charge on any atom is 0.224 e. The SMILES string of the molecule is Cc1cnccc1NC(=O)CCCCCCN.Cl.Cl. The van der Waals surface area contributed by atoms with Crippen LogP contribution in [-0.2, 0) is 4.79 Å². The zero-order valence-electron chi connectivity index (χ0n) is 11.2. The van der Waals surface area contributed by atoms with E-state index in [1.165, 1.54) is 0 Å². The molecular weight excluding hydrogens is 285 g/mol. The van der Waals surface area contributed by atoms with E-state index in [0.29, 0.717) is 6.42 Å².